The molecule has 1 aliphatic carbocycles. The van der Waals surface area contributed by atoms with E-state index in [0.717, 1.165) is 36.0 Å². The lowest BCUT2D eigenvalue weighted by molar-refractivity contribution is 0.0452. The van der Waals surface area contributed by atoms with E-state index < -0.39 is 5.60 Å². The van der Waals surface area contributed by atoms with Crippen molar-refractivity contribution < 1.29 is 9.53 Å². The Bertz CT molecular complexity index is 752. The third-order valence-corrected chi connectivity index (χ3v) is 4.24. The Hall–Kier alpha value is -1.88. The number of fused-ring (bicyclic) bond motifs is 1. The van der Waals surface area contributed by atoms with E-state index in [-0.39, 0.29) is 12.1 Å². The van der Waals surface area contributed by atoms with Gasteiger partial charge in [-0.05, 0) is 64.2 Å². The van der Waals surface area contributed by atoms with Crippen LogP contribution in [-0.2, 0) is 11.2 Å². The Kier molecular flexibility index (Phi) is 4.63. The number of alkyl carbamates (subject to hydrolysis) is 1. The fraction of sp³-hybridized carbons (Fsp3) is 0.500. The largest absolute Gasteiger partial charge is 0.444 e. The van der Waals surface area contributed by atoms with Gasteiger partial charge in [0.2, 0.25) is 0 Å². The van der Waals surface area contributed by atoms with Crippen LogP contribution in [0.3, 0.4) is 0 Å². The Labute approximate surface area is 146 Å². The molecule has 0 unspecified atom stereocenters. The van der Waals surface area contributed by atoms with Gasteiger partial charge in [0.1, 0.15) is 5.60 Å². The van der Waals surface area contributed by atoms with Crippen LogP contribution in [0.15, 0.2) is 24.4 Å². The van der Waals surface area contributed by atoms with E-state index >= 15 is 0 Å². The van der Waals surface area contributed by atoms with Gasteiger partial charge in [0.15, 0.2) is 0 Å². The maximum atomic E-state index is 11.7. The highest BCUT2D eigenvalue weighted by molar-refractivity contribution is 6.31. The highest BCUT2D eigenvalue weighted by atomic mass is 35.5. The zero-order chi connectivity index (χ0) is 17.3. The molecule has 0 spiro atoms. The first-order valence-corrected chi connectivity index (χ1v) is 8.57. The third kappa shape index (κ3) is 4.35. The summed E-state index contributed by atoms with van der Waals surface area (Å²) >= 11 is 6.01. The molecule has 1 amide bonds. The van der Waals surface area contributed by atoms with Crippen molar-refractivity contribution in [1.82, 2.24) is 15.3 Å². The quantitative estimate of drug-likeness (QED) is 0.906. The first-order chi connectivity index (χ1) is 11.3. The summed E-state index contributed by atoms with van der Waals surface area (Å²) in [6.07, 6.45) is 4.22. The Morgan fingerprint density at radius 3 is 2.79 bits per heavy atom. The average molecular weight is 348 g/mol. The summed E-state index contributed by atoms with van der Waals surface area (Å²) in [4.78, 5) is 20.8. The molecule has 1 fully saturated rings. The molecule has 1 saturated carbocycles. The number of amides is 1. The van der Waals surface area contributed by atoms with E-state index in [1.54, 1.807) is 0 Å². The average Bonchev–Trinajstić information content (AvgIpc) is 2.42. The van der Waals surface area contributed by atoms with Gasteiger partial charge in [0.05, 0.1) is 16.7 Å². The van der Waals surface area contributed by atoms with Crippen molar-refractivity contribution in [3.05, 3.63) is 35.1 Å². The molecule has 6 heteroatoms. The molecule has 1 aromatic carbocycles. The van der Waals surface area contributed by atoms with Crippen LogP contribution in [0.4, 0.5) is 4.79 Å². The number of halogens is 1. The molecule has 0 aliphatic heterocycles. The lowest BCUT2D eigenvalue weighted by atomic mass is 9.77. The van der Waals surface area contributed by atoms with E-state index in [1.165, 1.54) is 0 Å². The van der Waals surface area contributed by atoms with Crippen LogP contribution in [-0.4, -0.2) is 27.7 Å². The van der Waals surface area contributed by atoms with Gasteiger partial charge < -0.3 is 10.1 Å². The highest BCUT2D eigenvalue weighted by Gasteiger charge is 2.31. The topological polar surface area (TPSA) is 64.1 Å². The van der Waals surface area contributed by atoms with Crippen molar-refractivity contribution in [3.8, 4) is 0 Å². The number of nitrogens with zero attached hydrogens (tertiary/aromatic N) is 2. The molecule has 0 bridgehead atoms. The fourth-order valence-corrected chi connectivity index (χ4v) is 3.08. The Balaban J connectivity index is 1.51. The lowest BCUT2D eigenvalue weighted by Gasteiger charge is -2.36. The zero-order valence-electron chi connectivity index (χ0n) is 14.2. The predicted octanol–water partition coefficient (Wildman–Crippen LogP) is 4.13. The molecule has 128 valence electrons. The molecule has 1 aliphatic rings. The van der Waals surface area contributed by atoms with Gasteiger partial charge >= 0.3 is 6.09 Å². The lowest BCUT2D eigenvalue weighted by Crippen LogP contribution is -2.46. The molecular weight excluding hydrogens is 326 g/mol. The van der Waals surface area contributed by atoms with Gasteiger partial charge in [0, 0.05) is 17.3 Å². The summed E-state index contributed by atoms with van der Waals surface area (Å²) < 4.78 is 5.27. The van der Waals surface area contributed by atoms with E-state index in [0.29, 0.717) is 10.9 Å². The smallest absolute Gasteiger partial charge is 0.407 e. The van der Waals surface area contributed by atoms with Crippen molar-refractivity contribution in [2.45, 2.75) is 51.7 Å². The molecule has 1 N–H and O–H groups in total. The van der Waals surface area contributed by atoms with Gasteiger partial charge in [-0.2, -0.15) is 0 Å². The minimum atomic E-state index is -0.463. The van der Waals surface area contributed by atoms with Gasteiger partial charge in [-0.3, -0.25) is 4.98 Å². The summed E-state index contributed by atoms with van der Waals surface area (Å²) in [6.45, 7) is 5.59. The van der Waals surface area contributed by atoms with Crippen LogP contribution in [0, 0.1) is 5.92 Å². The maximum absolute atomic E-state index is 11.7. The van der Waals surface area contributed by atoms with E-state index in [4.69, 9.17) is 16.3 Å². The van der Waals surface area contributed by atoms with Crippen LogP contribution < -0.4 is 5.32 Å². The van der Waals surface area contributed by atoms with Crippen LogP contribution in [0.5, 0.6) is 0 Å². The minimum Gasteiger partial charge on any atom is -0.444 e. The summed E-state index contributed by atoms with van der Waals surface area (Å²) in [5.74, 6) is 0.510. The van der Waals surface area contributed by atoms with E-state index in [2.05, 4.69) is 15.3 Å². The van der Waals surface area contributed by atoms with Crippen LogP contribution in [0.25, 0.3) is 11.0 Å². The number of ether oxygens (including phenoxy) is 1. The van der Waals surface area contributed by atoms with Gasteiger partial charge in [-0.25, -0.2) is 9.78 Å². The Morgan fingerprint density at radius 1 is 1.33 bits per heavy atom. The fourth-order valence-electron chi connectivity index (χ4n) is 2.91. The second-order valence-corrected chi connectivity index (χ2v) is 7.82. The molecular formula is C18H22ClN3O2. The normalized spacial score (nSPS) is 20.5. The first kappa shape index (κ1) is 17.0. The highest BCUT2D eigenvalue weighted by Crippen LogP contribution is 2.30. The summed E-state index contributed by atoms with van der Waals surface area (Å²) in [5, 5.41) is 3.58. The minimum absolute atomic E-state index is 0.188. The second kappa shape index (κ2) is 6.55. The molecule has 5 nitrogen and oxygen atoms in total. The summed E-state index contributed by atoms with van der Waals surface area (Å²) in [6, 6.07) is 5.71. The summed E-state index contributed by atoms with van der Waals surface area (Å²) in [5.41, 5.74) is 2.17. The SMILES string of the molecule is CC(C)(C)OC(=O)NC1CC(Cc2cnc3ccc(Cl)cc3n2)C1. The van der Waals surface area contributed by atoms with Crippen LogP contribution >= 0.6 is 11.6 Å². The zero-order valence-corrected chi connectivity index (χ0v) is 14.9. The van der Waals surface area contributed by atoms with Gasteiger partial charge in [-0.1, -0.05) is 11.6 Å². The van der Waals surface area contributed by atoms with Gasteiger partial charge in [-0.15, -0.1) is 0 Å². The summed E-state index contributed by atoms with van der Waals surface area (Å²) in [7, 11) is 0. The van der Waals surface area contributed by atoms with E-state index in [9.17, 15) is 4.79 Å². The van der Waals surface area contributed by atoms with Gasteiger partial charge in [0.25, 0.3) is 0 Å². The molecule has 0 atom stereocenters. The standard InChI is InChI=1S/C18H22ClN3O2/c1-18(2,3)24-17(23)22-13-6-11(7-13)8-14-10-20-15-5-4-12(19)9-16(15)21-14/h4-5,9-11,13H,6-8H2,1-3H3,(H,22,23). The predicted molar refractivity (Wildman–Crippen MR) is 94.1 cm³/mol. The number of hydrogen-bond donors (Lipinski definition) is 1. The van der Waals surface area contributed by atoms with E-state index in [1.807, 2.05) is 45.2 Å². The molecule has 1 aromatic heterocycles. The molecule has 1 heterocycles. The monoisotopic (exact) mass is 347 g/mol. The molecule has 2 aromatic rings. The number of carbonyl (C=O) groups is 1. The maximum Gasteiger partial charge on any atom is 0.407 e. The number of aromatic nitrogens is 2. The molecule has 0 radical (unpaired) electrons. The molecule has 0 saturated heterocycles. The number of hydrogen-bond acceptors (Lipinski definition) is 4. The van der Waals surface area contributed by atoms with Crippen molar-refractivity contribution in [2.24, 2.45) is 5.92 Å². The van der Waals surface area contributed by atoms with Crippen LogP contribution in [0.1, 0.15) is 39.3 Å². The molecule has 3 rings (SSSR count). The first-order valence-electron chi connectivity index (χ1n) is 8.19. The van der Waals surface area contributed by atoms with Crippen molar-refractivity contribution in [2.75, 3.05) is 0 Å². The Morgan fingerprint density at radius 2 is 2.08 bits per heavy atom. The second-order valence-electron chi connectivity index (χ2n) is 7.38. The molecule has 24 heavy (non-hydrogen) atoms. The van der Waals surface area contributed by atoms with Crippen molar-refractivity contribution >= 4 is 28.7 Å². The van der Waals surface area contributed by atoms with Crippen LogP contribution in [0.2, 0.25) is 5.02 Å². The number of benzene rings is 1. The van der Waals surface area contributed by atoms with Crippen molar-refractivity contribution in [1.29, 1.82) is 0 Å². The van der Waals surface area contributed by atoms with Crippen molar-refractivity contribution in [3.63, 3.8) is 0 Å². The third-order valence-electron chi connectivity index (χ3n) is 4.01. The number of rotatable bonds is 3. The number of carbonyl (C=O) groups excluding carboxylic acids is 1. The number of nitrogens with one attached hydrogen (secondary N) is 1.